The molecule has 0 aliphatic heterocycles. The first-order valence-electron chi connectivity index (χ1n) is 9.20. The fourth-order valence-corrected chi connectivity index (χ4v) is 3.33. The van der Waals surface area contributed by atoms with E-state index in [9.17, 15) is 4.79 Å². The van der Waals surface area contributed by atoms with Gasteiger partial charge in [-0.05, 0) is 55.7 Å². The number of hydrogen-bond acceptors (Lipinski definition) is 5. The largest absolute Gasteiger partial charge is 0.491 e. The minimum absolute atomic E-state index is 0.118. The van der Waals surface area contributed by atoms with Gasteiger partial charge >= 0.3 is 0 Å². The van der Waals surface area contributed by atoms with Gasteiger partial charge in [-0.3, -0.25) is 9.36 Å². The highest BCUT2D eigenvalue weighted by Gasteiger charge is 2.12. The molecule has 0 aliphatic rings. The number of thioether (sulfide) groups is 1. The predicted octanol–water partition coefficient (Wildman–Crippen LogP) is 4.40. The van der Waals surface area contributed by atoms with E-state index in [1.807, 2.05) is 41.8 Å². The summed E-state index contributed by atoms with van der Waals surface area (Å²) >= 11 is 1.35. The quantitative estimate of drug-likeness (QED) is 0.572. The molecule has 1 amide bonds. The number of hydrogen-bond donors (Lipinski definition) is 1. The molecule has 0 aliphatic carbocycles. The molecule has 146 valence electrons. The van der Waals surface area contributed by atoms with Gasteiger partial charge in [0, 0.05) is 5.69 Å². The number of para-hydroxylation sites is 2. The summed E-state index contributed by atoms with van der Waals surface area (Å²) in [6, 6.07) is 13.6. The Bertz CT molecular complexity index is 955. The molecule has 3 aromatic rings. The minimum atomic E-state index is -0.118. The molecule has 0 spiro atoms. The van der Waals surface area contributed by atoms with Crippen LogP contribution in [-0.4, -0.2) is 33.0 Å². The van der Waals surface area contributed by atoms with Crippen LogP contribution in [0.3, 0.4) is 0 Å². The van der Waals surface area contributed by atoms with E-state index in [0.717, 1.165) is 12.1 Å². The Morgan fingerprint density at radius 1 is 1.18 bits per heavy atom. The van der Waals surface area contributed by atoms with E-state index in [4.69, 9.17) is 4.74 Å². The third kappa shape index (κ3) is 4.92. The Hall–Kier alpha value is -2.80. The lowest BCUT2D eigenvalue weighted by Crippen LogP contribution is -2.15. The summed E-state index contributed by atoms with van der Waals surface area (Å²) in [6.07, 6.45) is 2.57. The van der Waals surface area contributed by atoms with Crippen molar-refractivity contribution in [1.29, 1.82) is 0 Å². The highest BCUT2D eigenvalue weighted by molar-refractivity contribution is 7.99. The van der Waals surface area contributed by atoms with Crippen LogP contribution in [0.5, 0.6) is 5.75 Å². The third-order valence-electron chi connectivity index (χ3n) is 4.24. The maximum atomic E-state index is 12.4. The third-order valence-corrected chi connectivity index (χ3v) is 5.18. The van der Waals surface area contributed by atoms with Crippen molar-refractivity contribution in [1.82, 2.24) is 14.8 Å². The molecule has 28 heavy (non-hydrogen) atoms. The molecule has 0 saturated carbocycles. The standard InChI is InChI=1S/C21H24N4O2S/c1-4-11-27-19-8-6-5-7-18(19)23-20(26)13-28-21-24-22-14-25(21)17-10-9-15(2)16(3)12-17/h5-10,12,14H,4,11,13H2,1-3H3,(H,23,26). The number of rotatable bonds is 8. The molecule has 0 saturated heterocycles. The number of amides is 1. The monoisotopic (exact) mass is 396 g/mol. The Labute approximate surface area is 169 Å². The lowest BCUT2D eigenvalue weighted by atomic mass is 10.1. The van der Waals surface area contributed by atoms with Crippen molar-refractivity contribution >= 4 is 23.4 Å². The van der Waals surface area contributed by atoms with E-state index in [1.54, 1.807) is 6.33 Å². The van der Waals surface area contributed by atoms with Gasteiger partial charge in [-0.15, -0.1) is 10.2 Å². The Kier molecular flexibility index (Phi) is 6.71. The van der Waals surface area contributed by atoms with E-state index in [0.29, 0.717) is 23.2 Å². The fraction of sp³-hybridized carbons (Fsp3) is 0.286. The van der Waals surface area contributed by atoms with Gasteiger partial charge in [-0.1, -0.05) is 36.9 Å². The minimum Gasteiger partial charge on any atom is -0.491 e. The molecule has 0 atom stereocenters. The van der Waals surface area contributed by atoms with Crippen molar-refractivity contribution in [3.05, 3.63) is 59.9 Å². The van der Waals surface area contributed by atoms with E-state index >= 15 is 0 Å². The molecule has 0 bridgehead atoms. The smallest absolute Gasteiger partial charge is 0.234 e. The molecule has 0 radical (unpaired) electrons. The van der Waals surface area contributed by atoms with E-state index in [1.165, 1.54) is 22.9 Å². The van der Waals surface area contributed by atoms with Crippen molar-refractivity contribution in [2.75, 3.05) is 17.7 Å². The first-order chi connectivity index (χ1) is 13.6. The molecular formula is C21H24N4O2S. The number of benzene rings is 2. The second-order valence-electron chi connectivity index (χ2n) is 6.43. The van der Waals surface area contributed by atoms with Gasteiger partial charge in [0.05, 0.1) is 18.0 Å². The lowest BCUT2D eigenvalue weighted by Gasteiger charge is -2.12. The van der Waals surface area contributed by atoms with Crippen molar-refractivity contribution in [2.24, 2.45) is 0 Å². The molecule has 2 aromatic carbocycles. The average molecular weight is 397 g/mol. The van der Waals surface area contributed by atoms with Crippen LogP contribution in [0.25, 0.3) is 5.69 Å². The Morgan fingerprint density at radius 2 is 2.00 bits per heavy atom. The molecule has 7 heteroatoms. The van der Waals surface area contributed by atoms with Gasteiger partial charge in [0.2, 0.25) is 5.91 Å². The zero-order valence-corrected chi connectivity index (χ0v) is 17.1. The summed E-state index contributed by atoms with van der Waals surface area (Å²) in [5.41, 5.74) is 4.09. The summed E-state index contributed by atoms with van der Waals surface area (Å²) in [4.78, 5) is 12.4. The normalized spacial score (nSPS) is 10.7. The first-order valence-corrected chi connectivity index (χ1v) is 10.2. The van der Waals surface area contributed by atoms with Gasteiger partial charge in [0.25, 0.3) is 0 Å². The number of nitrogens with zero attached hydrogens (tertiary/aromatic N) is 3. The summed E-state index contributed by atoms with van der Waals surface area (Å²) in [5, 5.41) is 11.7. The molecule has 1 heterocycles. The lowest BCUT2D eigenvalue weighted by molar-refractivity contribution is -0.113. The molecule has 0 fully saturated rings. The maximum absolute atomic E-state index is 12.4. The van der Waals surface area contributed by atoms with Crippen LogP contribution in [0.4, 0.5) is 5.69 Å². The molecule has 3 rings (SSSR count). The number of nitrogens with one attached hydrogen (secondary N) is 1. The molecule has 1 N–H and O–H groups in total. The molecular weight excluding hydrogens is 372 g/mol. The highest BCUT2D eigenvalue weighted by atomic mass is 32.2. The van der Waals surface area contributed by atoms with Crippen LogP contribution in [0, 0.1) is 13.8 Å². The van der Waals surface area contributed by atoms with Gasteiger partial charge in [-0.2, -0.15) is 0 Å². The van der Waals surface area contributed by atoms with Crippen molar-refractivity contribution in [3.8, 4) is 11.4 Å². The molecule has 6 nitrogen and oxygen atoms in total. The Balaban J connectivity index is 1.65. The van der Waals surface area contributed by atoms with Crippen LogP contribution < -0.4 is 10.1 Å². The molecule has 0 unspecified atom stereocenters. The van der Waals surface area contributed by atoms with Crippen LogP contribution in [0.1, 0.15) is 24.5 Å². The van der Waals surface area contributed by atoms with E-state index < -0.39 is 0 Å². The predicted molar refractivity (Wildman–Crippen MR) is 112 cm³/mol. The number of carbonyl (C=O) groups is 1. The second-order valence-corrected chi connectivity index (χ2v) is 7.38. The van der Waals surface area contributed by atoms with E-state index in [-0.39, 0.29) is 11.7 Å². The van der Waals surface area contributed by atoms with Crippen molar-refractivity contribution in [3.63, 3.8) is 0 Å². The number of aromatic nitrogens is 3. The SMILES string of the molecule is CCCOc1ccccc1NC(=O)CSc1nncn1-c1ccc(C)c(C)c1. The highest BCUT2D eigenvalue weighted by Crippen LogP contribution is 2.25. The zero-order chi connectivity index (χ0) is 19.9. The van der Waals surface area contributed by atoms with Gasteiger partial charge in [0.1, 0.15) is 12.1 Å². The van der Waals surface area contributed by atoms with Gasteiger partial charge in [-0.25, -0.2) is 0 Å². The number of ether oxygens (including phenoxy) is 1. The van der Waals surface area contributed by atoms with Crippen LogP contribution in [-0.2, 0) is 4.79 Å². The topological polar surface area (TPSA) is 69.0 Å². The van der Waals surface area contributed by atoms with Crippen LogP contribution >= 0.6 is 11.8 Å². The summed E-state index contributed by atoms with van der Waals surface area (Å²) < 4.78 is 7.58. The van der Waals surface area contributed by atoms with Crippen LogP contribution in [0.15, 0.2) is 53.9 Å². The fourth-order valence-electron chi connectivity index (χ4n) is 2.60. The number of aryl methyl sites for hydroxylation is 2. The summed E-state index contributed by atoms with van der Waals surface area (Å²) in [6.45, 7) is 6.80. The van der Waals surface area contributed by atoms with Crippen LogP contribution in [0.2, 0.25) is 0 Å². The summed E-state index contributed by atoms with van der Waals surface area (Å²) in [5.74, 6) is 0.791. The molecule has 1 aromatic heterocycles. The number of carbonyl (C=O) groups excluding carboxylic acids is 1. The number of anilines is 1. The first kappa shape index (κ1) is 19.9. The van der Waals surface area contributed by atoms with Crippen molar-refractivity contribution in [2.45, 2.75) is 32.3 Å². The average Bonchev–Trinajstić information content (AvgIpc) is 3.16. The Morgan fingerprint density at radius 3 is 2.79 bits per heavy atom. The summed E-state index contributed by atoms with van der Waals surface area (Å²) in [7, 11) is 0. The van der Waals surface area contributed by atoms with Crippen molar-refractivity contribution < 1.29 is 9.53 Å². The van der Waals surface area contributed by atoms with Gasteiger partial charge < -0.3 is 10.1 Å². The zero-order valence-electron chi connectivity index (χ0n) is 16.3. The van der Waals surface area contributed by atoms with E-state index in [2.05, 4.69) is 41.5 Å². The maximum Gasteiger partial charge on any atom is 0.234 e. The van der Waals surface area contributed by atoms with Gasteiger partial charge in [0.15, 0.2) is 5.16 Å². The second kappa shape index (κ2) is 9.41.